The molecule has 1 N–H and O–H groups in total. The summed E-state index contributed by atoms with van der Waals surface area (Å²) in [4.78, 5) is 30.0. The summed E-state index contributed by atoms with van der Waals surface area (Å²) in [6.07, 6.45) is 1.51. The molecule has 10 heteroatoms. The lowest BCUT2D eigenvalue weighted by atomic mass is 10.1. The van der Waals surface area contributed by atoms with Crippen LogP contribution >= 0.6 is 0 Å². The molecule has 4 aromatic rings. The number of amides is 1. The predicted octanol–water partition coefficient (Wildman–Crippen LogP) is 4.32. The lowest BCUT2D eigenvalue weighted by molar-refractivity contribution is -0.119. The Kier molecular flexibility index (Phi) is 7.47. The zero-order valence-corrected chi connectivity index (χ0v) is 20.6. The first-order valence-electron chi connectivity index (χ1n) is 11.3. The molecule has 9 nitrogen and oxygen atoms in total. The van der Waals surface area contributed by atoms with E-state index in [9.17, 15) is 18.0 Å². The second-order valence-electron chi connectivity index (χ2n) is 7.79. The number of para-hydroxylation sites is 1. The third-order valence-corrected chi connectivity index (χ3v) is 7.59. The molecule has 0 bridgehead atoms. The van der Waals surface area contributed by atoms with Crippen LogP contribution in [0.2, 0.25) is 0 Å². The van der Waals surface area contributed by atoms with Gasteiger partial charge in [0.2, 0.25) is 10.0 Å². The summed E-state index contributed by atoms with van der Waals surface area (Å²) < 4.78 is 37.2. The van der Waals surface area contributed by atoms with Crippen LogP contribution in [0.4, 0.5) is 5.69 Å². The monoisotopic (exact) mass is 507 g/mol. The largest absolute Gasteiger partial charge is 0.463 e. The lowest BCUT2D eigenvalue weighted by Crippen LogP contribution is -2.30. The van der Waals surface area contributed by atoms with Gasteiger partial charge in [0.05, 0.1) is 22.2 Å². The molecule has 0 radical (unpaired) electrons. The topological polar surface area (TPSA) is 119 Å². The van der Waals surface area contributed by atoms with Crippen LogP contribution in [0, 0.1) is 0 Å². The maximum atomic E-state index is 12.9. The number of rotatable bonds is 9. The first-order valence-corrected chi connectivity index (χ1v) is 12.8. The van der Waals surface area contributed by atoms with Gasteiger partial charge in [-0.25, -0.2) is 18.2 Å². The highest BCUT2D eigenvalue weighted by Crippen LogP contribution is 2.26. The number of carbonyl (C=O) groups is 2. The average molecular weight is 508 g/mol. The molecule has 0 unspecified atom stereocenters. The summed E-state index contributed by atoms with van der Waals surface area (Å²) in [7, 11) is -3.60. The number of nitrogens with zero attached hydrogens (tertiary/aromatic N) is 2. The van der Waals surface area contributed by atoms with Crippen molar-refractivity contribution < 1.29 is 27.2 Å². The van der Waals surface area contributed by atoms with Gasteiger partial charge in [0.1, 0.15) is 5.69 Å². The second kappa shape index (κ2) is 10.7. The van der Waals surface area contributed by atoms with E-state index in [2.05, 4.69) is 10.3 Å². The van der Waals surface area contributed by atoms with Crippen molar-refractivity contribution in [1.29, 1.82) is 0 Å². The predicted molar refractivity (Wildman–Crippen MR) is 135 cm³/mol. The number of ether oxygens (including phenoxy) is 1. The molecule has 0 aliphatic rings. The number of furan rings is 1. The van der Waals surface area contributed by atoms with Gasteiger partial charge in [0, 0.05) is 24.2 Å². The minimum Gasteiger partial charge on any atom is -0.463 e. The van der Waals surface area contributed by atoms with Gasteiger partial charge in [0.25, 0.3) is 5.91 Å². The van der Waals surface area contributed by atoms with E-state index in [4.69, 9.17) is 9.15 Å². The van der Waals surface area contributed by atoms with E-state index in [0.29, 0.717) is 41.1 Å². The maximum Gasteiger partial charge on any atom is 0.339 e. The van der Waals surface area contributed by atoms with Crippen molar-refractivity contribution >= 4 is 38.5 Å². The van der Waals surface area contributed by atoms with Crippen LogP contribution in [-0.4, -0.2) is 49.3 Å². The number of nitrogens with one attached hydrogen (secondary N) is 1. The molecule has 2 aromatic heterocycles. The van der Waals surface area contributed by atoms with Crippen molar-refractivity contribution in [3.05, 3.63) is 78.6 Å². The molecule has 0 aliphatic carbocycles. The van der Waals surface area contributed by atoms with E-state index in [1.165, 1.54) is 34.8 Å². The summed E-state index contributed by atoms with van der Waals surface area (Å²) in [6.45, 7) is 3.73. The van der Waals surface area contributed by atoms with E-state index < -0.39 is 28.5 Å². The van der Waals surface area contributed by atoms with Gasteiger partial charge >= 0.3 is 5.97 Å². The van der Waals surface area contributed by atoms with E-state index in [1.807, 2.05) is 6.07 Å². The highest BCUT2D eigenvalue weighted by Gasteiger charge is 2.21. The molecule has 2 aromatic carbocycles. The number of fused-ring (bicyclic) bond motifs is 1. The Hall–Kier alpha value is -4.02. The Morgan fingerprint density at radius 2 is 1.72 bits per heavy atom. The van der Waals surface area contributed by atoms with Crippen LogP contribution in [0.1, 0.15) is 24.2 Å². The summed E-state index contributed by atoms with van der Waals surface area (Å²) in [5.74, 6) is -0.747. The molecular formula is C26H25N3O6S. The molecule has 186 valence electrons. The van der Waals surface area contributed by atoms with Crippen LogP contribution < -0.4 is 5.32 Å². The van der Waals surface area contributed by atoms with Gasteiger partial charge in [-0.1, -0.05) is 32.0 Å². The van der Waals surface area contributed by atoms with Crippen LogP contribution in [0.5, 0.6) is 0 Å². The Balaban J connectivity index is 1.44. The van der Waals surface area contributed by atoms with Crippen LogP contribution in [0.25, 0.3) is 22.4 Å². The third-order valence-electron chi connectivity index (χ3n) is 5.53. The number of pyridine rings is 1. The first kappa shape index (κ1) is 25.1. The van der Waals surface area contributed by atoms with E-state index in [1.54, 1.807) is 50.2 Å². The molecule has 4 rings (SSSR count). The summed E-state index contributed by atoms with van der Waals surface area (Å²) in [5, 5.41) is 3.19. The molecule has 36 heavy (non-hydrogen) atoms. The number of hydrogen-bond acceptors (Lipinski definition) is 7. The lowest BCUT2D eigenvalue weighted by Gasteiger charge is -2.18. The van der Waals surface area contributed by atoms with Gasteiger partial charge in [-0.2, -0.15) is 4.31 Å². The Bertz CT molecular complexity index is 1480. The van der Waals surface area contributed by atoms with E-state index in [0.717, 1.165) is 0 Å². The van der Waals surface area contributed by atoms with Crippen molar-refractivity contribution in [2.45, 2.75) is 18.7 Å². The van der Waals surface area contributed by atoms with Crippen LogP contribution in [0.3, 0.4) is 0 Å². The molecule has 1 amide bonds. The Labute approximate surface area is 208 Å². The fourth-order valence-electron chi connectivity index (χ4n) is 3.72. The van der Waals surface area contributed by atoms with Gasteiger partial charge in [0.15, 0.2) is 12.4 Å². The van der Waals surface area contributed by atoms with Crippen molar-refractivity contribution in [3.8, 4) is 11.5 Å². The smallest absolute Gasteiger partial charge is 0.339 e. The minimum absolute atomic E-state index is 0.132. The number of aromatic nitrogens is 1. The highest BCUT2D eigenvalue weighted by molar-refractivity contribution is 7.89. The number of benzene rings is 2. The maximum absolute atomic E-state index is 12.9. The Morgan fingerprint density at radius 1 is 1.00 bits per heavy atom. The zero-order chi connectivity index (χ0) is 25.7. The molecular weight excluding hydrogens is 482 g/mol. The zero-order valence-electron chi connectivity index (χ0n) is 19.8. The standard InChI is InChI=1S/C26H25N3O6S/c1-3-29(4-2)36(32,33)19-13-11-18(12-14-19)27-25(30)17-35-26(31)21-16-23(24-10-7-15-34-24)28-22-9-6-5-8-20(21)22/h5-16H,3-4,17H2,1-2H3,(H,27,30). The Morgan fingerprint density at radius 3 is 2.39 bits per heavy atom. The number of sulfonamides is 1. The minimum atomic E-state index is -3.60. The fourth-order valence-corrected chi connectivity index (χ4v) is 5.18. The second-order valence-corrected chi connectivity index (χ2v) is 9.73. The summed E-state index contributed by atoms with van der Waals surface area (Å²) in [6, 6.07) is 18.0. The number of hydrogen-bond donors (Lipinski definition) is 1. The SMILES string of the molecule is CCN(CC)S(=O)(=O)c1ccc(NC(=O)COC(=O)c2cc(-c3ccco3)nc3ccccc23)cc1. The molecule has 0 spiro atoms. The summed E-state index contributed by atoms with van der Waals surface area (Å²) in [5.41, 5.74) is 1.69. The van der Waals surface area contributed by atoms with Crippen molar-refractivity contribution in [2.75, 3.05) is 25.0 Å². The van der Waals surface area contributed by atoms with Crippen LogP contribution in [0.15, 0.2) is 82.3 Å². The molecule has 0 aliphatic heterocycles. The van der Waals surface area contributed by atoms with Gasteiger partial charge in [-0.15, -0.1) is 0 Å². The van der Waals surface area contributed by atoms with Crippen molar-refractivity contribution in [1.82, 2.24) is 9.29 Å². The fraction of sp³-hybridized carbons (Fsp3) is 0.192. The van der Waals surface area contributed by atoms with E-state index >= 15 is 0 Å². The van der Waals surface area contributed by atoms with Crippen LogP contribution in [-0.2, 0) is 19.6 Å². The number of carbonyl (C=O) groups excluding carboxylic acids is 2. The van der Waals surface area contributed by atoms with E-state index in [-0.39, 0.29) is 10.5 Å². The quantitative estimate of drug-likeness (QED) is 0.335. The van der Waals surface area contributed by atoms with Gasteiger partial charge < -0.3 is 14.5 Å². The molecule has 2 heterocycles. The van der Waals surface area contributed by atoms with Crippen molar-refractivity contribution in [2.24, 2.45) is 0 Å². The number of esters is 1. The molecule has 0 fully saturated rings. The normalized spacial score (nSPS) is 11.5. The highest BCUT2D eigenvalue weighted by atomic mass is 32.2. The number of anilines is 1. The third kappa shape index (κ3) is 5.29. The van der Waals surface area contributed by atoms with Gasteiger partial charge in [-0.05, 0) is 48.5 Å². The first-order chi connectivity index (χ1) is 17.3. The summed E-state index contributed by atoms with van der Waals surface area (Å²) >= 11 is 0. The van der Waals surface area contributed by atoms with Gasteiger partial charge in [-0.3, -0.25) is 4.79 Å². The van der Waals surface area contributed by atoms with Crippen molar-refractivity contribution in [3.63, 3.8) is 0 Å². The average Bonchev–Trinajstić information content (AvgIpc) is 3.43. The molecule has 0 saturated carbocycles. The molecule has 0 atom stereocenters. The molecule has 0 saturated heterocycles.